The van der Waals surface area contributed by atoms with Crippen LogP contribution in [0, 0.1) is 11.7 Å². The molecule has 0 spiro atoms. The number of halogens is 2. The highest BCUT2D eigenvalue weighted by molar-refractivity contribution is 7.90. The molecule has 0 radical (unpaired) electrons. The Kier molecular flexibility index (Phi) is 7.70. The van der Waals surface area contributed by atoms with E-state index < -0.39 is 45.5 Å². The highest BCUT2D eigenvalue weighted by Crippen LogP contribution is 2.32. The van der Waals surface area contributed by atoms with Crippen molar-refractivity contribution in [3.8, 4) is 11.1 Å². The predicted octanol–water partition coefficient (Wildman–Crippen LogP) is 4.50. The van der Waals surface area contributed by atoms with E-state index in [0.29, 0.717) is 10.7 Å². The third kappa shape index (κ3) is 5.95. The molecular formula is C26H23ClFN3O6S. The Balaban J connectivity index is 1.55. The lowest BCUT2D eigenvalue weighted by atomic mass is 10.0. The maximum absolute atomic E-state index is 15.1. The van der Waals surface area contributed by atoms with Crippen molar-refractivity contribution in [2.75, 3.05) is 23.4 Å². The largest absolute Gasteiger partial charge is 0.481 e. The molecule has 3 amide bonds. The average Bonchev–Trinajstić information content (AvgIpc) is 3.32. The molecule has 1 aliphatic heterocycles. The number of benzene rings is 3. The Labute approximate surface area is 223 Å². The monoisotopic (exact) mass is 559 g/mol. The second kappa shape index (κ2) is 10.8. The normalized spacial score (nSPS) is 17.2. The van der Waals surface area contributed by atoms with E-state index in [1.807, 2.05) is 0 Å². The number of hydrogen-bond donors (Lipinski definition) is 3. The lowest BCUT2D eigenvalue weighted by molar-refractivity contribution is -0.141. The lowest BCUT2D eigenvalue weighted by Gasteiger charge is -2.24. The fourth-order valence-electron chi connectivity index (χ4n) is 4.27. The number of carbonyl (C=O) groups is 3. The second-order valence-electron chi connectivity index (χ2n) is 8.83. The zero-order valence-electron chi connectivity index (χ0n) is 20.0. The van der Waals surface area contributed by atoms with Gasteiger partial charge in [-0.05, 0) is 55.0 Å². The molecule has 9 nitrogen and oxygen atoms in total. The molecule has 2 atom stereocenters. The first-order valence-electron chi connectivity index (χ1n) is 11.4. The number of urea groups is 1. The number of hydrogen-bond acceptors (Lipinski definition) is 5. The van der Waals surface area contributed by atoms with Crippen LogP contribution < -0.4 is 10.6 Å². The lowest BCUT2D eigenvalue weighted by Crippen LogP contribution is -2.45. The van der Waals surface area contributed by atoms with Gasteiger partial charge in [0, 0.05) is 40.3 Å². The number of aliphatic carboxylic acids is 1. The van der Waals surface area contributed by atoms with Gasteiger partial charge in [0.25, 0.3) is 0 Å². The first-order chi connectivity index (χ1) is 17.9. The summed E-state index contributed by atoms with van der Waals surface area (Å²) < 4.78 is 39.3. The summed E-state index contributed by atoms with van der Waals surface area (Å²) in [6.07, 6.45) is 0.899. The minimum atomic E-state index is -3.62. The first kappa shape index (κ1) is 27.1. The summed E-state index contributed by atoms with van der Waals surface area (Å²) in [5.74, 6) is -3.58. The number of carboxylic acids is 1. The molecule has 1 aliphatic rings. The highest BCUT2D eigenvalue weighted by Gasteiger charge is 2.42. The van der Waals surface area contributed by atoms with Crippen molar-refractivity contribution in [1.29, 1.82) is 0 Å². The molecule has 0 saturated carbocycles. The molecule has 12 heteroatoms. The molecule has 1 fully saturated rings. The van der Waals surface area contributed by atoms with Crippen LogP contribution in [-0.4, -0.2) is 55.2 Å². The molecule has 1 saturated heterocycles. The van der Waals surface area contributed by atoms with E-state index in [1.165, 1.54) is 30.3 Å². The summed E-state index contributed by atoms with van der Waals surface area (Å²) >= 11 is 5.86. The Bertz CT molecular complexity index is 1510. The zero-order chi connectivity index (χ0) is 27.6. The van der Waals surface area contributed by atoms with Crippen molar-refractivity contribution in [3.05, 3.63) is 77.6 Å². The van der Waals surface area contributed by atoms with Gasteiger partial charge in [0.05, 0.1) is 10.8 Å². The van der Waals surface area contributed by atoms with Crippen molar-refractivity contribution >= 4 is 50.7 Å². The van der Waals surface area contributed by atoms with Gasteiger partial charge in [-0.3, -0.25) is 9.59 Å². The number of carboxylic acid groups (broad SMARTS) is 1. The standard InChI is InChI=1S/C26H23ClFN3O6S/c1-38(36,37)23-5-3-2-4-20(23)19-11-10-18(13-21(19)28)29-24(32)22-12-15(25(33)34)14-31(22)26(35)30-17-8-6-16(27)7-9-17/h2-11,13,15,22H,12,14H2,1H3,(H,29,32)(H,30,35)(H,33,34). The Hall–Kier alpha value is -3.96. The number of rotatable bonds is 6. The highest BCUT2D eigenvalue weighted by atomic mass is 35.5. The van der Waals surface area contributed by atoms with Crippen LogP contribution in [0.1, 0.15) is 6.42 Å². The van der Waals surface area contributed by atoms with Crippen LogP contribution in [-0.2, 0) is 19.4 Å². The van der Waals surface area contributed by atoms with Crippen LogP contribution in [0.25, 0.3) is 11.1 Å². The molecule has 4 rings (SSSR count). The summed E-state index contributed by atoms with van der Waals surface area (Å²) in [7, 11) is -3.62. The van der Waals surface area contributed by atoms with E-state index >= 15 is 4.39 Å². The number of anilines is 2. The molecule has 0 bridgehead atoms. The Morgan fingerprint density at radius 3 is 2.26 bits per heavy atom. The first-order valence-corrected chi connectivity index (χ1v) is 13.7. The number of nitrogens with zero attached hydrogens (tertiary/aromatic N) is 1. The quantitative estimate of drug-likeness (QED) is 0.407. The van der Waals surface area contributed by atoms with Gasteiger partial charge in [0.1, 0.15) is 11.9 Å². The summed E-state index contributed by atoms with van der Waals surface area (Å²) in [4.78, 5) is 38.7. The van der Waals surface area contributed by atoms with Crippen LogP contribution in [0.15, 0.2) is 71.6 Å². The van der Waals surface area contributed by atoms with Crippen molar-refractivity contribution in [3.63, 3.8) is 0 Å². The Morgan fingerprint density at radius 2 is 1.63 bits per heavy atom. The van der Waals surface area contributed by atoms with E-state index in [-0.39, 0.29) is 34.7 Å². The molecule has 198 valence electrons. The van der Waals surface area contributed by atoms with Crippen LogP contribution in [0.5, 0.6) is 0 Å². The number of sulfone groups is 1. The Morgan fingerprint density at radius 1 is 0.974 bits per heavy atom. The van der Waals surface area contributed by atoms with E-state index in [0.717, 1.165) is 17.2 Å². The fourth-order valence-corrected chi connectivity index (χ4v) is 5.29. The van der Waals surface area contributed by atoms with Crippen LogP contribution in [0.4, 0.5) is 20.6 Å². The molecule has 3 N–H and O–H groups in total. The number of amides is 3. The molecule has 0 aliphatic carbocycles. The summed E-state index contributed by atoms with van der Waals surface area (Å²) in [5, 5.41) is 15.1. The maximum Gasteiger partial charge on any atom is 0.322 e. The van der Waals surface area contributed by atoms with Gasteiger partial charge in [-0.25, -0.2) is 17.6 Å². The van der Waals surface area contributed by atoms with E-state index in [9.17, 15) is 27.9 Å². The van der Waals surface area contributed by atoms with Crippen molar-refractivity contribution in [2.45, 2.75) is 17.4 Å². The van der Waals surface area contributed by atoms with Gasteiger partial charge < -0.3 is 20.6 Å². The number of nitrogens with one attached hydrogen (secondary N) is 2. The number of carbonyl (C=O) groups excluding carboxylic acids is 2. The minimum Gasteiger partial charge on any atom is -0.481 e. The fraction of sp³-hybridized carbons (Fsp3) is 0.192. The van der Waals surface area contributed by atoms with Crippen molar-refractivity contribution < 1.29 is 32.3 Å². The molecule has 0 aromatic heterocycles. The maximum atomic E-state index is 15.1. The van der Waals surface area contributed by atoms with Crippen molar-refractivity contribution in [1.82, 2.24) is 4.90 Å². The van der Waals surface area contributed by atoms with E-state index in [2.05, 4.69) is 10.6 Å². The van der Waals surface area contributed by atoms with Gasteiger partial charge in [-0.1, -0.05) is 29.8 Å². The van der Waals surface area contributed by atoms with Crippen molar-refractivity contribution in [2.24, 2.45) is 5.92 Å². The topological polar surface area (TPSA) is 133 Å². The van der Waals surface area contributed by atoms with Gasteiger partial charge in [0.2, 0.25) is 5.91 Å². The van der Waals surface area contributed by atoms with Gasteiger partial charge in [-0.2, -0.15) is 0 Å². The third-order valence-corrected chi connectivity index (χ3v) is 7.53. The van der Waals surface area contributed by atoms with Gasteiger partial charge in [0.15, 0.2) is 9.84 Å². The molecular weight excluding hydrogens is 537 g/mol. The van der Waals surface area contributed by atoms with Crippen LogP contribution in [0.3, 0.4) is 0 Å². The predicted molar refractivity (Wildman–Crippen MR) is 140 cm³/mol. The van der Waals surface area contributed by atoms with Gasteiger partial charge >= 0.3 is 12.0 Å². The molecule has 38 heavy (non-hydrogen) atoms. The molecule has 1 heterocycles. The second-order valence-corrected chi connectivity index (χ2v) is 11.2. The summed E-state index contributed by atoms with van der Waals surface area (Å²) in [6.45, 7) is -0.192. The van der Waals surface area contributed by atoms with E-state index in [4.69, 9.17) is 11.6 Å². The smallest absolute Gasteiger partial charge is 0.322 e. The van der Waals surface area contributed by atoms with Crippen LogP contribution in [0.2, 0.25) is 5.02 Å². The third-order valence-electron chi connectivity index (χ3n) is 6.12. The van der Waals surface area contributed by atoms with E-state index in [1.54, 1.807) is 30.3 Å². The number of likely N-dealkylation sites (tertiary alicyclic amines) is 1. The molecule has 3 aromatic carbocycles. The zero-order valence-corrected chi connectivity index (χ0v) is 21.6. The van der Waals surface area contributed by atoms with Crippen LogP contribution >= 0.6 is 11.6 Å². The average molecular weight is 560 g/mol. The van der Waals surface area contributed by atoms with Gasteiger partial charge in [-0.15, -0.1) is 0 Å². The summed E-state index contributed by atoms with van der Waals surface area (Å²) in [6, 6.07) is 14.2. The molecule has 2 unspecified atom stereocenters. The minimum absolute atomic E-state index is 0.0276. The SMILES string of the molecule is CS(=O)(=O)c1ccccc1-c1ccc(NC(=O)C2CC(C(=O)O)CN2C(=O)Nc2ccc(Cl)cc2)cc1F. The molecule has 3 aromatic rings. The summed E-state index contributed by atoms with van der Waals surface area (Å²) in [5.41, 5.74) is 0.671.